The fraction of sp³-hybridized carbons (Fsp3) is 0.435. The molecule has 5 nitrogen and oxygen atoms in total. The number of nitrogens with one attached hydrogen (secondary N) is 1. The molecular weight excluding hydrogens is 384 g/mol. The van der Waals surface area contributed by atoms with E-state index in [9.17, 15) is 13.2 Å². The molecule has 0 aliphatic carbocycles. The van der Waals surface area contributed by atoms with E-state index in [-0.39, 0.29) is 24.9 Å². The lowest BCUT2D eigenvalue weighted by atomic mass is 9.96. The molecule has 0 saturated heterocycles. The normalized spacial score (nSPS) is 12.5. The maximum absolute atomic E-state index is 12.4. The first-order valence-electron chi connectivity index (χ1n) is 9.90. The second-order valence-electron chi connectivity index (χ2n) is 7.86. The first-order valence-corrected chi connectivity index (χ1v) is 11.8. The van der Waals surface area contributed by atoms with Crippen LogP contribution >= 0.6 is 0 Å². The van der Waals surface area contributed by atoms with Crippen molar-refractivity contribution in [2.75, 3.05) is 17.1 Å². The van der Waals surface area contributed by atoms with Gasteiger partial charge in [0.2, 0.25) is 15.9 Å². The second kappa shape index (κ2) is 9.44. The van der Waals surface area contributed by atoms with Gasteiger partial charge >= 0.3 is 0 Å². The van der Waals surface area contributed by atoms with Crippen LogP contribution in [0.5, 0.6) is 0 Å². The van der Waals surface area contributed by atoms with Crippen LogP contribution in [0.2, 0.25) is 0 Å². The van der Waals surface area contributed by atoms with Crippen molar-refractivity contribution in [1.82, 2.24) is 5.32 Å². The predicted octanol–water partition coefficient (Wildman–Crippen LogP) is 4.34. The van der Waals surface area contributed by atoms with Crippen molar-refractivity contribution in [3.05, 3.63) is 64.2 Å². The van der Waals surface area contributed by atoms with Crippen LogP contribution in [0.3, 0.4) is 0 Å². The maximum Gasteiger partial charge on any atom is 0.232 e. The maximum atomic E-state index is 12.4. The minimum Gasteiger partial charge on any atom is -0.350 e. The molecule has 29 heavy (non-hydrogen) atoms. The summed E-state index contributed by atoms with van der Waals surface area (Å²) in [4.78, 5) is 12.4. The SMILES string of the molecule is Cc1cccc(N(CCCC(=O)N[C@@H](C)c2cc(C)c(C)cc2C)S(C)(=O)=O)c1. The van der Waals surface area contributed by atoms with E-state index in [1.54, 1.807) is 6.07 Å². The van der Waals surface area contributed by atoms with Crippen LogP contribution in [0.1, 0.15) is 53.6 Å². The van der Waals surface area contributed by atoms with E-state index in [4.69, 9.17) is 0 Å². The smallest absolute Gasteiger partial charge is 0.232 e. The highest BCUT2D eigenvalue weighted by Gasteiger charge is 2.18. The van der Waals surface area contributed by atoms with Crippen molar-refractivity contribution in [2.45, 2.75) is 53.5 Å². The van der Waals surface area contributed by atoms with Crippen LogP contribution < -0.4 is 9.62 Å². The Balaban J connectivity index is 1.98. The molecule has 0 unspecified atom stereocenters. The number of anilines is 1. The van der Waals surface area contributed by atoms with Gasteiger partial charge in [-0.2, -0.15) is 0 Å². The number of hydrogen-bond donors (Lipinski definition) is 1. The molecule has 0 spiro atoms. The van der Waals surface area contributed by atoms with Gasteiger partial charge < -0.3 is 5.32 Å². The molecule has 0 saturated carbocycles. The highest BCUT2D eigenvalue weighted by Crippen LogP contribution is 2.22. The summed E-state index contributed by atoms with van der Waals surface area (Å²) in [6.07, 6.45) is 1.91. The van der Waals surface area contributed by atoms with Crippen molar-refractivity contribution in [3.63, 3.8) is 0 Å². The third kappa shape index (κ3) is 6.32. The highest BCUT2D eigenvalue weighted by molar-refractivity contribution is 7.92. The Morgan fingerprint density at radius 1 is 1.03 bits per heavy atom. The van der Waals surface area contributed by atoms with E-state index < -0.39 is 10.0 Å². The summed E-state index contributed by atoms with van der Waals surface area (Å²) in [6.45, 7) is 10.4. The fourth-order valence-electron chi connectivity index (χ4n) is 3.49. The Bertz CT molecular complexity index is 984. The quantitative estimate of drug-likeness (QED) is 0.696. The molecule has 0 heterocycles. The lowest BCUT2D eigenvalue weighted by molar-refractivity contribution is -0.121. The van der Waals surface area contributed by atoms with Crippen molar-refractivity contribution in [1.29, 1.82) is 0 Å². The van der Waals surface area contributed by atoms with Crippen LogP contribution in [0.25, 0.3) is 0 Å². The third-order valence-electron chi connectivity index (χ3n) is 5.18. The number of carbonyl (C=O) groups is 1. The lowest BCUT2D eigenvalue weighted by Crippen LogP contribution is -2.32. The molecule has 0 aromatic heterocycles. The van der Waals surface area contributed by atoms with Gasteiger partial charge in [0.1, 0.15) is 0 Å². The summed E-state index contributed by atoms with van der Waals surface area (Å²) < 4.78 is 25.8. The topological polar surface area (TPSA) is 66.5 Å². The van der Waals surface area contributed by atoms with Gasteiger partial charge in [0.25, 0.3) is 0 Å². The summed E-state index contributed by atoms with van der Waals surface area (Å²) in [7, 11) is -3.41. The van der Waals surface area contributed by atoms with Gasteiger partial charge in [-0.3, -0.25) is 9.10 Å². The van der Waals surface area contributed by atoms with E-state index in [0.29, 0.717) is 12.1 Å². The highest BCUT2D eigenvalue weighted by atomic mass is 32.2. The number of rotatable bonds is 8. The summed E-state index contributed by atoms with van der Waals surface area (Å²) in [5, 5.41) is 3.04. The van der Waals surface area contributed by atoms with E-state index >= 15 is 0 Å². The number of nitrogens with zero attached hydrogens (tertiary/aromatic N) is 1. The van der Waals surface area contributed by atoms with Gasteiger partial charge in [-0.05, 0) is 81.0 Å². The number of hydrogen-bond acceptors (Lipinski definition) is 3. The van der Waals surface area contributed by atoms with Crippen molar-refractivity contribution < 1.29 is 13.2 Å². The van der Waals surface area contributed by atoms with E-state index in [1.807, 2.05) is 32.0 Å². The van der Waals surface area contributed by atoms with Gasteiger partial charge in [0, 0.05) is 13.0 Å². The molecule has 1 N–H and O–H groups in total. The van der Waals surface area contributed by atoms with Gasteiger partial charge in [-0.25, -0.2) is 8.42 Å². The van der Waals surface area contributed by atoms with Gasteiger partial charge in [-0.15, -0.1) is 0 Å². The Labute approximate surface area is 175 Å². The van der Waals surface area contributed by atoms with Crippen LogP contribution in [0, 0.1) is 27.7 Å². The first kappa shape index (κ1) is 22.9. The zero-order valence-electron chi connectivity index (χ0n) is 18.2. The third-order valence-corrected chi connectivity index (χ3v) is 6.38. The zero-order valence-corrected chi connectivity index (χ0v) is 19.1. The number of amides is 1. The molecule has 0 aliphatic rings. The molecule has 2 aromatic rings. The summed E-state index contributed by atoms with van der Waals surface area (Å²) in [5.41, 5.74) is 6.33. The van der Waals surface area contributed by atoms with Crippen molar-refractivity contribution in [3.8, 4) is 0 Å². The monoisotopic (exact) mass is 416 g/mol. The molecule has 0 bridgehead atoms. The largest absolute Gasteiger partial charge is 0.350 e. The summed E-state index contributed by atoms with van der Waals surface area (Å²) in [5.74, 6) is -0.0761. The van der Waals surface area contributed by atoms with Crippen molar-refractivity contribution >= 4 is 21.6 Å². The molecule has 0 aliphatic heterocycles. The molecule has 1 amide bonds. The van der Waals surface area contributed by atoms with E-state index in [2.05, 4.69) is 38.2 Å². The molecule has 0 radical (unpaired) electrons. The van der Waals surface area contributed by atoms with E-state index in [0.717, 1.165) is 16.7 Å². The summed E-state index contributed by atoms with van der Waals surface area (Å²) >= 11 is 0. The molecule has 6 heteroatoms. The van der Waals surface area contributed by atoms with Gasteiger partial charge in [-0.1, -0.05) is 24.3 Å². The Kier molecular flexibility index (Phi) is 7.47. The molecular formula is C23H32N2O3S. The fourth-order valence-corrected chi connectivity index (χ4v) is 4.45. The predicted molar refractivity (Wildman–Crippen MR) is 120 cm³/mol. The van der Waals surface area contributed by atoms with Crippen LogP contribution in [-0.4, -0.2) is 27.1 Å². The Morgan fingerprint density at radius 3 is 2.31 bits per heavy atom. The van der Waals surface area contributed by atoms with Crippen LogP contribution in [0.4, 0.5) is 5.69 Å². The number of carbonyl (C=O) groups excluding carboxylic acids is 1. The molecule has 0 fully saturated rings. The zero-order chi connectivity index (χ0) is 21.8. The molecule has 158 valence electrons. The number of aryl methyl sites for hydroxylation is 4. The van der Waals surface area contributed by atoms with Gasteiger partial charge in [0.05, 0.1) is 18.0 Å². The first-order chi connectivity index (χ1) is 13.5. The molecule has 1 atom stereocenters. The van der Waals surface area contributed by atoms with Crippen molar-refractivity contribution in [2.24, 2.45) is 0 Å². The average Bonchev–Trinajstić information content (AvgIpc) is 2.60. The summed E-state index contributed by atoms with van der Waals surface area (Å²) in [6, 6.07) is 11.5. The minimum atomic E-state index is -3.41. The standard InChI is InChI=1S/C23H32N2O3S/c1-16-9-7-10-21(13-16)25(29(6,27)28)12-8-11-23(26)24-20(5)22-15-18(3)17(2)14-19(22)4/h7,9-10,13-15,20H,8,11-12H2,1-6H3,(H,24,26)/t20-/m0/s1. The average molecular weight is 417 g/mol. The Hall–Kier alpha value is -2.34. The Morgan fingerprint density at radius 2 is 1.69 bits per heavy atom. The van der Waals surface area contributed by atoms with Crippen LogP contribution in [0.15, 0.2) is 36.4 Å². The molecule has 2 aromatic carbocycles. The second-order valence-corrected chi connectivity index (χ2v) is 9.77. The van der Waals surface area contributed by atoms with E-state index in [1.165, 1.54) is 21.7 Å². The molecule has 2 rings (SSSR count). The van der Waals surface area contributed by atoms with Gasteiger partial charge in [0.15, 0.2) is 0 Å². The lowest BCUT2D eigenvalue weighted by Gasteiger charge is -2.23. The van der Waals surface area contributed by atoms with Crippen LogP contribution in [-0.2, 0) is 14.8 Å². The minimum absolute atomic E-state index is 0.0761. The number of sulfonamides is 1. The number of benzene rings is 2.